The van der Waals surface area contributed by atoms with Gasteiger partial charge in [0.05, 0.1) is 18.0 Å². The number of pyridine rings is 1. The number of benzene rings is 1. The molecule has 1 aliphatic rings. The highest BCUT2D eigenvalue weighted by Crippen LogP contribution is 2.29. The van der Waals surface area contributed by atoms with Crippen LogP contribution in [0.5, 0.6) is 0 Å². The molecule has 0 spiro atoms. The summed E-state index contributed by atoms with van der Waals surface area (Å²) in [6.07, 6.45) is 3.62. The Kier molecular flexibility index (Phi) is 6.11. The second-order valence-electron chi connectivity index (χ2n) is 8.34. The summed E-state index contributed by atoms with van der Waals surface area (Å²) in [6, 6.07) is 7.27. The Bertz CT molecular complexity index is 1260. The normalized spacial score (nSPS) is 16.9. The van der Waals surface area contributed by atoms with E-state index in [9.17, 15) is 12.8 Å². The molecule has 0 bridgehead atoms. The minimum Gasteiger partial charge on any atom is -0.351 e. The van der Waals surface area contributed by atoms with E-state index in [0.29, 0.717) is 37.4 Å². The SMILES string of the molecule is Cc1cc(C(C)N)c2cc(-c3nc(NC4CCN(S(C)(=O)=O)CC4)ncc3F)ccc2n1. The van der Waals surface area contributed by atoms with Gasteiger partial charge in [-0.15, -0.1) is 0 Å². The molecule has 3 aromatic rings. The summed E-state index contributed by atoms with van der Waals surface area (Å²) in [5, 5.41) is 4.09. The van der Waals surface area contributed by atoms with Crippen molar-refractivity contribution in [3.8, 4) is 11.3 Å². The number of aryl methyl sites for hydroxylation is 1. The lowest BCUT2D eigenvalue weighted by Gasteiger charge is -2.30. The van der Waals surface area contributed by atoms with E-state index in [1.165, 1.54) is 10.6 Å². The lowest BCUT2D eigenvalue weighted by molar-refractivity contribution is 0.331. The fourth-order valence-corrected chi connectivity index (χ4v) is 4.94. The Morgan fingerprint density at radius 3 is 2.59 bits per heavy atom. The van der Waals surface area contributed by atoms with Gasteiger partial charge in [-0.2, -0.15) is 0 Å². The first kappa shape index (κ1) is 22.5. The van der Waals surface area contributed by atoms with Crippen LogP contribution >= 0.6 is 0 Å². The van der Waals surface area contributed by atoms with Gasteiger partial charge in [-0.1, -0.05) is 6.07 Å². The maximum absolute atomic E-state index is 14.7. The number of aromatic nitrogens is 3. The average molecular weight is 459 g/mol. The molecule has 1 aromatic carbocycles. The number of nitrogens with zero attached hydrogens (tertiary/aromatic N) is 4. The van der Waals surface area contributed by atoms with Crippen LogP contribution in [0.3, 0.4) is 0 Å². The Labute approximate surface area is 187 Å². The van der Waals surface area contributed by atoms with Gasteiger partial charge in [0.15, 0.2) is 5.82 Å². The molecule has 1 atom stereocenters. The number of anilines is 1. The highest BCUT2D eigenvalue weighted by molar-refractivity contribution is 7.88. The van der Waals surface area contributed by atoms with Crippen LogP contribution in [0.25, 0.3) is 22.2 Å². The van der Waals surface area contributed by atoms with Gasteiger partial charge in [0.2, 0.25) is 16.0 Å². The summed E-state index contributed by atoms with van der Waals surface area (Å²) < 4.78 is 39.5. The molecule has 170 valence electrons. The van der Waals surface area contributed by atoms with Gasteiger partial charge in [-0.3, -0.25) is 4.98 Å². The second-order valence-corrected chi connectivity index (χ2v) is 10.3. The molecule has 2 aromatic heterocycles. The van der Waals surface area contributed by atoms with Crippen LogP contribution in [0.1, 0.15) is 37.1 Å². The van der Waals surface area contributed by atoms with Crippen molar-refractivity contribution < 1.29 is 12.8 Å². The van der Waals surface area contributed by atoms with E-state index in [-0.39, 0.29) is 17.8 Å². The van der Waals surface area contributed by atoms with E-state index in [2.05, 4.69) is 20.3 Å². The average Bonchev–Trinajstić information content (AvgIpc) is 2.74. The number of nitrogens with two attached hydrogens (primary N) is 1. The van der Waals surface area contributed by atoms with Gasteiger partial charge in [0.25, 0.3) is 0 Å². The molecule has 0 saturated carbocycles. The summed E-state index contributed by atoms with van der Waals surface area (Å²) in [7, 11) is -3.19. The van der Waals surface area contributed by atoms with Gasteiger partial charge in [-0.25, -0.2) is 27.1 Å². The van der Waals surface area contributed by atoms with Gasteiger partial charge < -0.3 is 11.1 Å². The van der Waals surface area contributed by atoms with Crippen molar-refractivity contribution in [1.82, 2.24) is 19.3 Å². The van der Waals surface area contributed by atoms with Crippen molar-refractivity contribution in [2.24, 2.45) is 5.73 Å². The summed E-state index contributed by atoms with van der Waals surface area (Å²) in [4.78, 5) is 13.1. The van der Waals surface area contributed by atoms with Gasteiger partial charge in [0.1, 0.15) is 5.69 Å². The monoisotopic (exact) mass is 458 g/mol. The van der Waals surface area contributed by atoms with Crippen LogP contribution in [0.2, 0.25) is 0 Å². The molecule has 3 N–H and O–H groups in total. The summed E-state index contributed by atoms with van der Waals surface area (Å²) in [6.45, 7) is 4.69. The molecular formula is C22H27FN6O2S. The predicted molar refractivity (Wildman–Crippen MR) is 123 cm³/mol. The first-order valence-electron chi connectivity index (χ1n) is 10.5. The topological polar surface area (TPSA) is 114 Å². The minimum atomic E-state index is -3.19. The smallest absolute Gasteiger partial charge is 0.223 e. The molecule has 32 heavy (non-hydrogen) atoms. The number of sulfonamides is 1. The summed E-state index contributed by atoms with van der Waals surface area (Å²) in [5.74, 6) is -0.210. The molecule has 1 fully saturated rings. The Morgan fingerprint density at radius 2 is 1.94 bits per heavy atom. The molecule has 8 nitrogen and oxygen atoms in total. The van der Waals surface area contributed by atoms with Crippen LogP contribution in [0.4, 0.5) is 10.3 Å². The number of rotatable bonds is 5. The molecule has 10 heteroatoms. The maximum atomic E-state index is 14.7. The van der Waals surface area contributed by atoms with E-state index >= 15 is 0 Å². The zero-order valence-electron chi connectivity index (χ0n) is 18.3. The molecule has 0 amide bonds. The van der Waals surface area contributed by atoms with E-state index in [4.69, 9.17) is 5.73 Å². The predicted octanol–water partition coefficient (Wildman–Crippen LogP) is 2.99. The number of hydrogen-bond donors (Lipinski definition) is 2. The molecule has 4 rings (SSSR count). The third-order valence-corrected chi connectivity index (χ3v) is 7.04. The highest BCUT2D eigenvalue weighted by Gasteiger charge is 2.25. The second kappa shape index (κ2) is 8.68. The summed E-state index contributed by atoms with van der Waals surface area (Å²) >= 11 is 0. The van der Waals surface area contributed by atoms with E-state index in [1.807, 2.05) is 32.0 Å². The fourth-order valence-electron chi connectivity index (χ4n) is 4.07. The first-order valence-corrected chi connectivity index (χ1v) is 12.4. The van der Waals surface area contributed by atoms with Crippen molar-refractivity contribution in [3.63, 3.8) is 0 Å². The van der Waals surface area contributed by atoms with Crippen molar-refractivity contribution in [2.45, 2.75) is 38.8 Å². The molecule has 0 radical (unpaired) electrons. The summed E-state index contributed by atoms with van der Waals surface area (Å²) in [5.41, 5.74) is 9.57. The Morgan fingerprint density at radius 1 is 1.22 bits per heavy atom. The number of halogens is 1. The van der Waals surface area contributed by atoms with Crippen LogP contribution in [0, 0.1) is 12.7 Å². The zero-order chi connectivity index (χ0) is 23.0. The molecular weight excluding hydrogens is 431 g/mol. The largest absolute Gasteiger partial charge is 0.351 e. The van der Waals surface area contributed by atoms with Gasteiger partial charge >= 0.3 is 0 Å². The fraction of sp³-hybridized carbons (Fsp3) is 0.409. The lowest BCUT2D eigenvalue weighted by Crippen LogP contribution is -2.42. The molecule has 1 saturated heterocycles. The van der Waals surface area contributed by atoms with Crippen LogP contribution in [0.15, 0.2) is 30.5 Å². The maximum Gasteiger partial charge on any atom is 0.223 e. The quantitative estimate of drug-likeness (QED) is 0.604. The third-order valence-electron chi connectivity index (χ3n) is 5.73. The zero-order valence-corrected chi connectivity index (χ0v) is 19.2. The molecule has 1 aliphatic heterocycles. The minimum absolute atomic E-state index is 0.0137. The molecule has 1 unspecified atom stereocenters. The lowest BCUT2D eigenvalue weighted by atomic mass is 9.99. The van der Waals surface area contributed by atoms with Crippen molar-refractivity contribution >= 4 is 26.9 Å². The molecule has 3 heterocycles. The van der Waals surface area contributed by atoms with Crippen LogP contribution < -0.4 is 11.1 Å². The Balaban J connectivity index is 1.61. The van der Waals surface area contributed by atoms with Crippen molar-refractivity contribution in [2.75, 3.05) is 24.7 Å². The third kappa shape index (κ3) is 4.72. The standard InChI is InChI=1S/C22H27FN6O2S/c1-13-10-17(14(2)24)18-11-15(4-5-20(18)26-13)21-19(23)12-25-22(28-21)27-16-6-8-29(9-7-16)32(3,30)31/h4-5,10-12,14,16H,6-9,24H2,1-3H3,(H,25,27,28). The van der Waals surface area contributed by atoms with Gasteiger partial charge in [0, 0.05) is 41.8 Å². The molecule has 0 aliphatic carbocycles. The van der Waals surface area contributed by atoms with Crippen LogP contribution in [-0.2, 0) is 10.0 Å². The number of fused-ring (bicyclic) bond motifs is 1. The number of hydrogen-bond acceptors (Lipinski definition) is 7. The van der Waals surface area contributed by atoms with E-state index in [1.54, 1.807) is 6.07 Å². The number of nitrogens with one attached hydrogen (secondary N) is 1. The van der Waals surface area contributed by atoms with Crippen molar-refractivity contribution in [1.29, 1.82) is 0 Å². The highest BCUT2D eigenvalue weighted by atomic mass is 32.2. The van der Waals surface area contributed by atoms with Crippen LogP contribution in [-0.4, -0.2) is 53.1 Å². The van der Waals surface area contributed by atoms with E-state index < -0.39 is 15.8 Å². The van der Waals surface area contributed by atoms with E-state index in [0.717, 1.165) is 28.4 Å². The van der Waals surface area contributed by atoms with Crippen molar-refractivity contribution in [3.05, 3.63) is 47.5 Å². The van der Waals surface area contributed by atoms with Gasteiger partial charge in [-0.05, 0) is 50.5 Å². The Hall–Kier alpha value is -2.69. The first-order chi connectivity index (χ1) is 15.1. The number of piperidine rings is 1.